The largest absolute Gasteiger partial charge is 0.494 e. The van der Waals surface area contributed by atoms with Crippen molar-refractivity contribution in [2.75, 3.05) is 13.2 Å². The van der Waals surface area contributed by atoms with Gasteiger partial charge >= 0.3 is 0 Å². The van der Waals surface area contributed by atoms with Crippen LogP contribution in [0.1, 0.15) is 29.7 Å². The number of nitrogens with two attached hydrogens (primary N) is 1. The lowest BCUT2D eigenvalue weighted by Crippen LogP contribution is -2.40. The van der Waals surface area contributed by atoms with Gasteiger partial charge in [-0.25, -0.2) is 0 Å². The van der Waals surface area contributed by atoms with Crippen molar-refractivity contribution in [3.05, 3.63) is 63.6 Å². The number of carbonyl (C=O) groups excluding carboxylic acids is 1. The van der Waals surface area contributed by atoms with Gasteiger partial charge in [0.15, 0.2) is 0 Å². The van der Waals surface area contributed by atoms with Crippen LogP contribution in [0, 0.1) is 0 Å². The molecule has 0 fully saturated rings. The van der Waals surface area contributed by atoms with Crippen LogP contribution < -0.4 is 10.5 Å². The molecule has 1 atom stereocenters. The number of rotatable bonds is 5. The summed E-state index contributed by atoms with van der Waals surface area (Å²) in [7, 11) is 0. The Morgan fingerprint density at radius 2 is 2.00 bits per heavy atom. The Kier molecular flexibility index (Phi) is 5.21. The highest BCUT2D eigenvalue weighted by Gasteiger charge is 2.29. The number of hydrogen-bond donors (Lipinski definition) is 1. The third kappa shape index (κ3) is 3.62. The lowest BCUT2D eigenvalue weighted by molar-refractivity contribution is -0.123. The van der Waals surface area contributed by atoms with Gasteiger partial charge in [0.05, 0.1) is 6.61 Å². The van der Waals surface area contributed by atoms with Gasteiger partial charge in [0.1, 0.15) is 11.8 Å². The van der Waals surface area contributed by atoms with Gasteiger partial charge < -0.3 is 10.5 Å². The SMILES string of the molecule is CCOc1ccc2c(c1)CN(C(C(N)=O)c1ccc(Br)cc1)CC2. The second-order valence-corrected chi connectivity index (χ2v) is 6.86. The molecule has 1 amide bonds. The van der Waals surface area contributed by atoms with Crippen molar-refractivity contribution in [1.29, 1.82) is 0 Å². The van der Waals surface area contributed by atoms with Gasteiger partial charge in [-0.05, 0) is 54.3 Å². The molecule has 0 saturated carbocycles. The predicted molar refractivity (Wildman–Crippen MR) is 97.8 cm³/mol. The molecule has 4 nitrogen and oxygen atoms in total. The lowest BCUT2D eigenvalue weighted by atomic mass is 9.96. The summed E-state index contributed by atoms with van der Waals surface area (Å²) >= 11 is 3.43. The van der Waals surface area contributed by atoms with E-state index in [4.69, 9.17) is 10.5 Å². The molecule has 24 heavy (non-hydrogen) atoms. The van der Waals surface area contributed by atoms with Gasteiger partial charge in [-0.15, -0.1) is 0 Å². The Morgan fingerprint density at radius 3 is 2.67 bits per heavy atom. The first-order valence-corrected chi connectivity index (χ1v) is 8.91. The van der Waals surface area contributed by atoms with Crippen molar-refractivity contribution < 1.29 is 9.53 Å². The molecule has 2 aromatic rings. The maximum atomic E-state index is 12.1. The summed E-state index contributed by atoms with van der Waals surface area (Å²) in [6, 6.07) is 13.6. The van der Waals surface area contributed by atoms with Crippen LogP contribution in [-0.2, 0) is 17.8 Å². The molecule has 5 heteroatoms. The van der Waals surface area contributed by atoms with E-state index < -0.39 is 6.04 Å². The van der Waals surface area contributed by atoms with E-state index in [-0.39, 0.29) is 5.91 Å². The van der Waals surface area contributed by atoms with Crippen LogP contribution in [0.5, 0.6) is 5.75 Å². The summed E-state index contributed by atoms with van der Waals surface area (Å²) < 4.78 is 6.58. The highest BCUT2D eigenvalue weighted by atomic mass is 79.9. The Hall–Kier alpha value is -1.85. The number of halogens is 1. The van der Waals surface area contributed by atoms with Crippen LogP contribution in [0.3, 0.4) is 0 Å². The highest BCUT2D eigenvalue weighted by molar-refractivity contribution is 9.10. The van der Waals surface area contributed by atoms with Crippen LogP contribution in [0.2, 0.25) is 0 Å². The molecule has 126 valence electrons. The molecule has 0 radical (unpaired) electrons. The molecule has 3 rings (SSSR count). The first-order valence-electron chi connectivity index (χ1n) is 8.12. The predicted octanol–water partition coefficient (Wildman–Crippen LogP) is 3.43. The molecule has 0 spiro atoms. The van der Waals surface area contributed by atoms with Crippen LogP contribution in [0.4, 0.5) is 0 Å². The van der Waals surface area contributed by atoms with E-state index in [0.717, 1.165) is 28.8 Å². The van der Waals surface area contributed by atoms with E-state index in [1.54, 1.807) is 0 Å². The van der Waals surface area contributed by atoms with Gasteiger partial charge in [0, 0.05) is 17.6 Å². The second-order valence-electron chi connectivity index (χ2n) is 5.94. The molecular weight excluding hydrogens is 368 g/mol. The summed E-state index contributed by atoms with van der Waals surface area (Å²) in [5.41, 5.74) is 9.16. The quantitative estimate of drug-likeness (QED) is 0.853. The van der Waals surface area contributed by atoms with Crippen LogP contribution in [0.25, 0.3) is 0 Å². The maximum absolute atomic E-state index is 12.1. The number of ether oxygens (including phenoxy) is 1. The number of primary amides is 1. The zero-order valence-electron chi connectivity index (χ0n) is 13.7. The van der Waals surface area contributed by atoms with Crippen LogP contribution in [0.15, 0.2) is 46.9 Å². The number of benzene rings is 2. The number of carbonyl (C=O) groups is 1. The van der Waals surface area contributed by atoms with E-state index in [1.165, 1.54) is 11.1 Å². The molecule has 2 aromatic carbocycles. The molecule has 1 aliphatic rings. The van der Waals surface area contributed by atoms with Gasteiger partial charge in [-0.2, -0.15) is 0 Å². The number of amides is 1. The van der Waals surface area contributed by atoms with Crippen molar-refractivity contribution >= 4 is 21.8 Å². The normalized spacial score (nSPS) is 15.6. The third-order valence-corrected chi connectivity index (χ3v) is 4.88. The Bertz CT molecular complexity index is 731. The number of hydrogen-bond acceptors (Lipinski definition) is 3. The van der Waals surface area contributed by atoms with Crippen molar-refractivity contribution in [3.63, 3.8) is 0 Å². The van der Waals surface area contributed by atoms with E-state index in [9.17, 15) is 4.79 Å². The van der Waals surface area contributed by atoms with Crippen molar-refractivity contribution in [2.45, 2.75) is 25.9 Å². The molecule has 1 unspecified atom stereocenters. The fraction of sp³-hybridized carbons (Fsp3) is 0.316. The fourth-order valence-electron chi connectivity index (χ4n) is 3.23. The standard InChI is InChI=1S/C19H21BrN2O2/c1-2-24-17-8-5-13-9-10-22(12-15(13)11-17)18(19(21)23)14-3-6-16(20)7-4-14/h3-8,11,18H,2,9-10,12H2,1H3,(H2,21,23). The molecular formula is C19H21BrN2O2. The van der Waals surface area contributed by atoms with Gasteiger partial charge in [0.2, 0.25) is 5.91 Å². The monoisotopic (exact) mass is 388 g/mol. The molecule has 1 aliphatic heterocycles. The Labute approximate surface area is 150 Å². The smallest absolute Gasteiger partial charge is 0.239 e. The first-order chi connectivity index (χ1) is 11.6. The second kappa shape index (κ2) is 7.36. The van der Waals surface area contributed by atoms with Crippen LogP contribution >= 0.6 is 15.9 Å². The minimum absolute atomic E-state index is 0.318. The molecule has 2 N–H and O–H groups in total. The molecule has 0 aromatic heterocycles. The zero-order valence-corrected chi connectivity index (χ0v) is 15.3. The molecule has 0 saturated heterocycles. The Morgan fingerprint density at radius 1 is 1.25 bits per heavy atom. The fourth-order valence-corrected chi connectivity index (χ4v) is 3.50. The van der Waals surface area contributed by atoms with Crippen molar-refractivity contribution in [3.8, 4) is 5.75 Å². The first kappa shape index (κ1) is 17.0. The lowest BCUT2D eigenvalue weighted by Gasteiger charge is -2.34. The molecule has 0 bridgehead atoms. The minimum Gasteiger partial charge on any atom is -0.494 e. The summed E-state index contributed by atoms with van der Waals surface area (Å²) in [4.78, 5) is 14.3. The third-order valence-electron chi connectivity index (χ3n) is 4.35. The average Bonchev–Trinajstić information content (AvgIpc) is 2.56. The summed E-state index contributed by atoms with van der Waals surface area (Å²) in [6.07, 6.45) is 0.905. The van der Waals surface area contributed by atoms with E-state index in [1.807, 2.05) is 37.3 Å². The van der Waals surface area contributed by atoms with Gasteiger partial charge in [-0.1, -0.05) is 34.1 Å². The van der Waals surface area contributed by atoms with Gasteiger partial charge in [0.25, 0.3) is 0 Å². The van der Waals surface area contributed by atoms with E-state index in [2.05, 4.69) is 33.0 Å². The summed E-state index contributed by atoms with van der Waals surface area (Å²) in [5.74, 6) is 0.555. The Balaban J connectivity index is 1.87. The molecule has 1 heterocycles. The van der Waals surface area contributed by atoms with Crippen molar-refractivity contribution in [1.82, 2.24) is 4.90 Å². The number of nitrogens with zero attached hydrogens (tertiary/aromatic N) is 1. The highest BCUT2D eigenvalue weighted by Crippen LogP contribution is 2.30. The zero-order chi connectivity index (χ0) is 17.1. The van der Waals surface area contributed by atoms with E-state index in [0.29, 0.717) is 13.2 Å². The van der Waals surface area contributed by atoms with E-state index >= 15 is 0 Å². The van der Waals surface area contributed by atoms with Gasteiger partial charge in [-0.3, -0.25) is 9.69 Å². The summed E-state index contributed by atoms with van der Waals surface area (Å²) in [5, 5.41) is 0. The van der Waals surface area contributed by atoms with Crippen molar-refractivity contribution in [2.24, 2.45) is 5.73 Å². The number of fused-ring (bicyclic) bond motifs is 1. The minimum atomic E-state index is -0.415. The van der Waals surface area contributed by atoms with Crippen LogP contribution in [-0.4, -0.2) is 24.0 Å². The topological polar surface area (TPSA) is 55.6 Å². The average molecular weight is 389 g/mol. The summed E-state index contributed by atoms with van der Waals surface area (Å²) in [6.45, 7) is 4.12. The molecule has 0 aliphatic carbocycles. The maximum Gasteiger partial charge on any atom is 0.239 e.